The minimum atomic E-state index is -0.618. The van der Waals surface area contributed by atoms with Crippen molar-refractivity contribution in [3.05, 3.63) is 48.0 Å². The highest BCUT2D eigenvalue weighted by Gasteiger charge is 2.10. The van der Waals surface area contributed by atoms with Crippen LogP contribution in [0.1, 0.15) is 11.7 Å². The molecule has 0 fully saturated rings. The van der Waals surface area contributed by atoms with E-state index in [2.05, 4.69) is 0 Å². The van der Waals surface area contributed by atoms with Crippen LogP contribution in [0.3, 0.4) is 0 Å². The Morgan fingerprint density at radius 2 is 1.82 bits per heavy atom. The Morgan fingerprint density at radius 3 is 2.65 bits per heavy atom. The number of hydrogen-bond donors (Lipinski definition) is 2. The van der Waals surface area contributed by atoms with Crippen molar-refractivity contribution in [2.75, 3.05) is 6.54 Å². The largest absolute Gasteiger partial charge is 0.456 e. The maximum absolute atomic E-state index is 9.74. The third kappa shape index (κ3) is 1.60. The van der Waals surface area contributed by atoms with E-state index >= 15 is 0 Å². The maximum Gasteiger partial charge on any atom is 0.135 e. The molecular weight excluding hydrogens is 214 g/mol. The molecule has 3 rings (SSSR count). The average Bonchev–Trinajstić information content (AvgIpc) is 2.75. The molecule has 0 aliphatic heterocycles. The van der Waals surface area contributed by atoms with Gasteiger partial charge in [-0.1, -0.05) is 24.3 Å². The van der Waals surface area contributed by atoms with Crippen LogP contribution in [0.25, 0.3) is 21.9 Å². The predicted octanol–water partition coefficient (Wildman–Crippen LogP) is 2.58. The number of para-hydroxylation sites is 1. The second-order valence-electron chi connectivity index (χ2n) is 4.11. The quantitative estimate of drug-likeness (QED) is 0.707. The highest BCUT2D eigenvalue weighted by atomic mass is 16.3. The molecule has 1 unspecified atom stereocenters. The smallest absolute Gasteiger partial charge is 0.135 e. The van der Waals surface area contributed by atoms with Crippen molar-refractivity contribution in [1.29, 1.82) is 0 Å². The second-order valence-corrected chi connectivity index (χ2v) is 4.11. The van der Waals surface area contributed by atoms with Gasteiger partial charge in [0.1, 0.15) is 11.2 Å². The highest BCUT2D eigenvalue weighted by molar-refractivity contribution is 6.04. The molecule has 0 aliphatic carbocycles. The summed E-state index contributed by atoms with van der Waals surface area (Å²) >= 11 is 0. The van der Waals surface area contributed by atoms with Gasteiger partial charge in [0, 0.05) is 17.3 Å². The van der Waals surface area contributed by atoms with Crippen molar-refractivity contribution in [1.82, 2.24) is 0 Å². The van der Waals surface area contributed by atoms with Gasteiger partial charge in [0.25, 0.3) is 0 Å². The molecule has 0 bridgehead atoms. The van der Waals surface area contributed by atoms with E-state index < -0.39 is 6.10 Å². The first kappa shape index (κ1) is 10.3. The van der Waals surface area contributed by atoms with Gasteiger partial charge in [-0.05, 0) is 23.8 Å². The molecule has 1 atom stereocenters. The molecule has 17 heavy (non-hydrogen) atoms. The van der Waals surface area contributed by atoms with Gasteiger partial charge in [-0.15, -0.1) is 0 Å². The van der Waals surface area contributed by atoms with E-state index in [1.807, 2.05) is 42.5 Å². The standard InChI is InChI=1S/C14H13NO2/c15-8-12(16)9-5-6-14-11(7-9)10-3-1-2-4-13(10)17-14/h1-7,12,16H,8,15H2. The lowest BCUT2D eigenvalue weighted by atomic mass is 10.1. The molecule has 3 heteroatoms. The highest BCUT2D eigenvalue weighted by Crippen LogP contribution is 2.30. The molecule has 1 aromatic heterocycles. The number of nitrogens with two attached hydrogens (primary N) is 1. The van der Waals surface area contributed by atoms with Gasteiger partial charge in [0.05, 0.1) is 6.10 Å². The van der Waals surface area contributed by atoms with Crippen LogP contribution in [-0.4, -0.2) is 11.7 Å². The molecule has 0 amide bonds. The first-order chi connectivity index (χ1) is 8.29. The fourth-order valence-electron chi connectivity index (χ4n) is 2.09. The van der Waals surface area contributed by atoms with E-state index in [9.17, 15) is 5.11 Å². The van der Waals surface area contributed by atoms with Gasteiger partial charge in [-0.25, -0.2) is 0 Å². The van der Waals surface area contributed by atoms with Crippen LogP contribution < -0.4 is 5.73 Å². The van der Waals surface area contributed by atoms with Gasteiger partial charge < -0.3 is 15.3 Å². The third-order valence-electron chi connectivity index (χ3n) is 3.01. The summed E-state index contributed by atoms with van der Waals surface area (Å²) in [6.07, 6.45) is -0.618. The molecule has 0 spiro atoms. The van der Waals surface area contributed by atoms with Crippen LogP contribution >= 0.6 is 0 Å². The van der Waals surface area contributed by atoms with Gasteiger partial charge >= 0.3 is 0 Å². The van der Waals surface area contributed by atoms with Crippen LogP contribution in [0.2, 0.25) is 0 Å². The van der Waals surface area contributed by atoms with Crippen LogP contribution in [-0.2, 0) is 0 Å². The zero-order valence-corrected chi connectivity index (χ0v) is 9.26. The van der Waals surface area contributed by atoms with Gasteiger partial charge in [-0.2, -0.15) is 0 Å². The second kappa shape index (κ2) is 3.87. The van der Waals surface area contributed by atoms with Crippen molar-refractivity contribution >= 4 is 21.9 Å². The average molecular weight is 227 g/mol. The molecule has 0 radical (unpaired) electrons. The predicted molar refractivity (Wildman–Crippen MR) is 67.7 cm³/mol. The zero-order chi connectivity index (χ0) is 11.8. The van der Waals surface area contributed by atoms with Crippen LogP contribution in [0, 0.1) is 0 Å². The molecule has 0 saturated heterocycles. The third-order valence-corrected chi connectivity index (χ3v) is 3.01. The van der Waals surface area contributed by atoms with E-state index in [0.717, 1.165) is 27.5 Å². The van der Waals surface area contributed by atoms with Crippen LogP contribution in [0.5, 0.6) is 0 Å². The van der Waals surface area contributed by atoms with Crippen molar-refractivity contribution < 1.29 is 9.52 Å². The zero-order valence-electron chi connectivity index (χ0n) is 9.26. The summed E-state index contributed by atoms with van der Waals surface area (Å²) in [5.41, 5.74) is 7.98. The van der Waals surface area contributed by atoms with Crippen molar-refractivity contribution in [2.45, 2.75) is 6.10 Å². The number of benzene rings is 2. The Kier molecular flexibility index (Phi) is 2.35. The van der Waals surface area contributed by atoms with Crippen LogP contribution in [0.15, 0.2) is 46.9 Å². The number of hydrogen-bond acceptors (Lipinski definition) is 3. The van der Waals surface area contributed by atoms with Crippen molar-refractivity contribution in [3.8, 4) is 0 Å². The number of aliphatic hydroxyl groups excluding tert-OH is 1. The summed E-state index contributed by atoms with van der Waals surface area (Å²) in [5.74, 6) is 0. The first-order valence-corrected chi connectivity index (χ1v) is 5.59. The molecule has 3 aromatic rings. The summed E-state index contributed by atoms with van der Waals surface area (Å²) in [4.78, 5) is 0. The summed E-state index contributed by atoms with van der Waals surface area (Å²) in [6, 6.07) is 13.5. The SMILES string of the molecule is NCC(O)c1ccc2oc3ccccc3c2c1. The number of rotatable bonds is 2. The van der Waals surface area contributed by atoms with E-state index in [4.69, 9.17) is 10.2 Å². The van der Waals surface area contributed by atoms with E-state index in [0.29, 0.717) is 0 Å². The van der Waals surface area contributed by atoms with Gasteiger partial charge in [-0.3, -0.25) is 0 Å². The Balaban J connectivity index is 2.30. The first-order valence-electron chi connectivity index (χ1n) is 5.59. The number of furan rings is 1. The molecular formula is C14H13NO2. The molecule has 0 aliphatic rings. The topological polar surface area (TPSA) is 59.4 Å². The maximum atomic E-state index is 9.74. The lowest BCUT2D eigenvalue weighted by Crippen LogP contribution is -2.11. The van der Waals surface area contributed by atoms with E-state index in [-0.39, 0.29) is 6.54 Å². The van der Waals surface area contributed by atoms with Gasteiger partial charge in [0.2, 0.25) is 0 Å². The van der Waals surface area contributed by atoms with Crippen molar-refractivity contribution in [3.63, 3.8) is 0 Å². The summed E-state index contributed by atoms with van der Waals surface area (Å²) < 4.78 is 5.71. The Bertz CT molecular complexity index is 672. The lowest BCUT2D eigenvalue weighted by molar-refractivity contribution is 0.187. The Hall–Kier alpha value is -1.84. The molecule has 3 nitrogen and oxygen atoms in total. The Morgan fingerprint density at radius 1 is 1.06 bits per heavy atom. The molecule has 3 N–H and O–H groups in total. The number of fused-ring (bicyclic) bond motifs is 3. The fraction of sp³-hybridized carbons (Fsp3) is 0.143. The summed E-state index contributed by atoms with van der Waals surface area (Å²) in [6.45, 7) is 0.224. The molecule has 1 heterocycles. The van der Waals surface area contributed by atoms with E-state index in [1.54, 1.807) is 0 Å². The van der Waals surface area contributed by atoms with Crippen LogP contribution in [0.4, 0.5) is 0 Å². The monoisotopic (exact) mass is 227 g/mol. The van der Waals surface area contributed by atoms with Crippen molar-refractivity contribution in [2.24, 2.45) is 5.73 Å². The number of aliphatic hydroxyl groups is 1. The molecule has 0 saturated carbocycles. The van der Waals surface area contributed by atoms with E-state index in [1.165, 1.54) is 0 Å². The normalized spacial score (nSPS) is 13.3. The van der Waals surface area contributed by atoms with Gasteiger partial charge in [0.15, 0.2) is 0 Å². The minimum Gasteiger partial charge on any atom is -0.456 e. The minimum absolute atomic E-state index is 0.224. The Labute approximate surface area is 98.5 Å². The molecule has 86 valence electrons. The molecule has 2 aromatic carbocycles. The summed E-state index contributed by atoms with van der Waals surface area (Å²) in [7, 11) is 0. The fourth-order valence-corrected chi connectivity index (χ4v) is 2.09. The summed E-state index contributed by atoms with van der Waals surface area (Å²) in [5, 5.41) is 11.8. The lowest BCUT2D eigenvalue weighted by Gasteiger charge is -2.07.